The first kappa shape index (κ1) is 16.2. The monoisotopic (exact) mass is 282 g/mol. The molecule has 0 aromatic carbocycles. The third kappa shape index (κ3) is 4.06. The quantitative estimate of drug-likeness (QED) is 0.746. The van der Waals surface area contributed by atoms with E-state index in [9.17, 15) is 4.79 Å². The first-order valence-corrected chi connectivity index (χ1v) is 6.58. The maximum Gasteiger partial charge on any atom is 0.236 e. The zero-order valence-corrected chi connectivity index (χ0v) is 12.5. The average Bonchev–Trinajstić information content (AvgIpc) is 2.48. The minimum absolute atomic E-state index is 0.0600. The number of nitrogens with one attached hydrogen (secondary N) is 1. The molecule has 0 radical (unpaired) electrons. The molecular formula is C13H22N4O3. The van der Waals surface area contributed by atoms with Crippen molar-refractivity contribution in [3.63, 3.8) is 0 Å². The van der Waals surface area contributed by atoms with Crippen molar-refractivity contribution < 1.29 is 14.3 Å². The molecule has 7 nitrogen and oxygen atoms in total. The topological polar surface area (TPSA) is 76.6 Å². The third-order valence-corrected chi connectivity index (χ3v) is 2.95. The second-order valence-electron chi connectivity index (χ2n) is 4.04. The van der Waals surface area contributed by atoms with E-state index in [1.807, 2.05) is 13.8 Å². The standard InChI is InChI=1S/C13H22N4O3/c1-5-17(6-2)11(18)8-14-7-10-12(19-3)15-9-16-13(10)20-4/h9,14H,5-8H2,1-4H3. The summed E-state index contributed by atoms with van der Waals surface area (Å²) in [6, 6.07) is 0. The van der Waals surface area contributed by atoms with Crippen molar-refractivity contribution in [2.45, 2.75) is 20.4 Å². The third-order valence-electron chi connectivity index (χ3n) is 2.95. The largest absolute Gasteiger partial charge is 0.481 e. The molecule has 0 spiro atoms. The molecule has 1 aromatic rings. The molecular weight excluding hydrogens is 260 g/mol. The van der Waals surface area contributed by atoms with Crippen LogP contribution < -0.4 is 14.8 Å². The van der Waals surface area contributed by atoms with Gasteiger partial charge in [0.1, 0.15) is 6.33 Å². The normalized spacial score (nSPS) is 10.2. The van der Waals surface area contributed by atoms with E-state index < -0.39 is 0 Å². The molecule has 1 aromatic heterocycles. The molecule has 0 unspecified atom stereocenters. The molecule has 7 heteroatoms. The molecule has 0 fully saturated rings. The maximum absolute atomic E-state index is 11.9. The summed E-state index contributed by atoms with van der Waals surface area (Å²) in [5.41, 5.74) is 0.699. The Morgan fingerprint density at radius 2 is 1.75 bits per heavy atom. The van der Waals surface area contributed by atoms with Gasteiger partial charge in [-0.2, -0.15) is 0 Å². The van der Waals surface area contributed by atoms with Crippen molar-refractivity contribution in [1.82, 2.24) is 20.2 Å². The van der Waals surface area contributed by atoms with Gasteiger partial charge in [-0.25, -0.2) is 9.97 Å². The SMILES string of the molecule is CCN(CC)C(=O)CNCc1c(OC)ncnc1OC. The Bertz CT molecular complexity index is 413. The number of carbonyl (C=O) groups excluding carboxylic acids is 1. The van der Waals surface area contributed by atoms with Gasteiger partial charge in [0, 0.05) is 19.6 Å². The maximum atomic E-state index is 11.9. The van der Waals surface area contributed by atoms with Crippen molar-refractivity contribution in [1.29, 1.82) is 0 Å². The number of ether oxygens (including phenoxy) is 2. The molecule has 0 bridgehead atoms. The Morgan fingerprint density at radius 3 is 2.20 bits per heavy atom. The van der Waals surface area contributed by atoms with Crippen LogP contribution in [-0.4, -0.2) is 54.6 Å². The van der Waals surface area contributed by atoms with Crippen molar-refractivity contribution in [2.75, 3.05) is 33.9 Å². The van der Waals surface area contributed by atoms with Gasteiger partial charge >= 0.3 is 0 Å². The molecule has 0 aliphatic heterocycles. The van der Waals surface area contributed by atoms with Crippen LogP contribution in [0.3, 0.4) is 0 Å². The van der Waals surface area contributed by atoms with Crippen LogP contribution in [0.4, 0.5) is 0 Å². The summed E-state index contributed by atoms with van der Waals surface area (Å²) in [6.07, 6.45) is 1.38. The number of aromatic nitrogens is 2. The molecule has 0 aliphatic rings. The van der Waals surface area contributed by atoms with Gasteiger partial charge in [-0.15, -0.1) is 0 Å². The fourth-order valence-corrected chi connectivity index (χ4v) is 1.87. The summed E-state index contributed by atoms with van der Waals surface area (Å²) in [6.45, 7) is 5.98. The first-order chi connectivity index (χ1) is 9.67. The Morgan fingerprint density at radius 1 is 1.20 bits per heavy atom. The predicted octanol–water partition coefficient (Wildman–Crippen LogP) is 0.452. The molecule has 1 amide bonds. The van der Waals surface area contributed by atoms with Gasteiger partial charge in [0.15, 0.2) is 0 Å². The van der Waals surface area contributed by atoms with Crippen LogP contribution in [0.2, 0.25) is 0 Å². The van der Waals surface area contributed by atoms with Crippen molar-refractivity contribution in [2.24, 2.45) is 0 Å². The number of hydrogen-bond acceptors (Lipinski definition) is 6. The van der Waals surface area contributed by atoms with E-state index in [-0.39, 0.29) is 12.5 Å². The number of carbonyl (C=O) groups is 1. The van der Waals surface area contributed by atoms with Crippen LogP contribution in [0.25, 0.3) is 0 Å². The Kier molecular flexibility index (Phi) is 6.72. The summed E-state index contributed by atoms with van der Waals surface area (Å²) in [5, 5.41) is 3.07. The van der Waals surface area contributed by atoms with Gasteiger partial charge in [0.2, 0.25) is 17.7 Å². The van der Waals surface area contributed by atoms with E-state index in [1.165, 1.54) is 20.5 Å². The summed E-state index contributed by atoms with van der Waals surface area (Å²) in [4.78, 5) is 21.7. The predicted molar refractivity (Wildman–Crippen MR) is 74.8 cm³/mol. The molecule has 20 heavy (non-hydrogen) atoms. The van der Waals surface area contributed by atoms with Crippen LogP contribution in [0.15, 0.2) is 6.33 Å². The fourth-order valence-electron chi connectivity index (χ4n) is 1.87. The Labute approximate surface area is 119 Å². The van der Waals surface area contributed by atoms with E-state index in [0.717, 1.165) is 0 Å². The highest BCUT2D eigenvalue weighted by molar-refractivity contribution is 5.78. The number of hydrogen-bond donors (Lipinski definition) is 1. The fraction of sp³-hybridized carbons (Fsp3) is 0.615. The lowest BCUT2D eigenvalue weighted by molar-refractivity contribution is -0.129. The first-order valence-electron chi connectivity index (χ1n) is 6.58. The molecule has 1 rings (SSSR count). The summed E-state index contributed by atoms with van der Waals surface area (Å²) >= 11 is 0. The minimum Gasteiger partial charge on any atom is -0.481 e. The Balaban J connectivity index is 2.64. The summed E-state index contributed by atoms with van der Waals surface area (Å²) in [7, 11) is 3.07. The van der Waals surface area contributed by atoms with Crippen molar-refractivity contribution in [3.8, 4) is 11.8 Å². The van der Waals surface area contributed by atoms with E-state index in [4.69, 9.17) is 9.47 Å². The van der Waals surface area contributed by atoms with E-state index in [1.54, 1.807) is 4.90 Å². The molecule has 0 aliphatic carbocycles. The number of amides is 1. The van der Waals surface area contributed by atoms with Gasteiger partial charge in [-0.1, -0.05) is 0 Å². The second kappa shape index (κ2) is 8.31. The van der Waals surface area contributed by atoms with Gasteiger partial charge in [-0.05, 0) is 13.8 Å². The average molecular weight is 282 g/mol. The second-order valence-corrected chi connectivity index (χ2v) is 4.04. The molecule has 1 heterocycles. The van der Waals surface area contributed by atoms with Gasteiger partial charge < -0.3 is 19.7 Å². The van der Waals surface area contributed by atoms with Crippen molar-refractivity contribution in [3.05, 3.63) is 11.9 Å². The van der Waals surface area contributed by atoms with Gasteiger partial charge in [-0.3, -0.25) is 4.79 Å². The molecule has 112 valence electrons. The lowest BCUT2D eigenvalue weighted by atomic mass is 10.3. The van der Waals surface area contributed by atoms with Crippen LogP contribution in [0.1, 0.15) is 19.4 Å². The zero-order valence-electron chi connectivity index (χ0n) is 12.5. The lowest BCUT2D eigenvalue weighted by Gasteiger charge is -2.19. The summed E-state index contributed by atoms with van der Waals surface area (Å²) in [5.74, 6) is 0.948. The number of rotatable bonds is 8. The van der Waals surface area contributed by atoms with Crippen LogP contribution in [0.5, 0.6) is 11.8 Å². The highest BCUT2D eigenvalue weighted by Gasteiger charge is 2.14. The summed E-state index contributed by atoms with van der Waals surface area (Å²) < 4.78 is 10.3. The smallest absolute Gasteiger partial charge is 0.236 e. The van der Waals surface area contributed by atoms with Crippen LogP contribution >= 0.6 is 0 Å². The van der Waals surface area contributed by atoms with Gasteiger partial charge in [0.25, 0.3) is 0 Å². The van der Waals surface area contributed by atoms with E-state index in [2.05, 4.69) is 15.3 Å². The highest BCUT2D eigenvalue weighted by atomic mass is 16.5. The highest BCUT2D eigenvalue weighted by Crippen LogP contribution is 2.22. The molecule has 0 atom stereocenters. The van der Waals surface area contributed by atoms with E-state index >= 15 is 0 Å². The molecule has 0 saturated heterocycles. The number of methoxy groups -OCH3 is 2. The Hall–Kier alpha value is -1.89. The number of nitrogens with zero attached hydrogens (tertiary/aromatic N) is 3. The van der Waals surface area contributed by atoms with Gasteiger partial charge in [0.05, 0.1) is 26.3 Å². The van der Waals surface area contributed by atoms with Crippen molar-refractivity contribution >= 4 is 5.91 Å². The lowest BCUT2D eigenvalue weighted by Crippen LogP contribution is -2.37. The molecule has 1 N–H and O–H groups in total. The zero-order chi connectivity index (χ0) is 15.0. The minimum atomic E-state index is 0.0600. The van der Waals surface area contributed by atoms with Crippen LogP contribution in [-0.2, 0) is 11.3 Å². The number of likely N-dealkylation sites (N-methyl/N-ethyl adjacent to an activating group) is 1. The van der Waals surface area contributed by atoms with E-state index in [0.29, 0.717) is 37.0 Å². The van der Waals surface area contributed by atoms with Crippen LogP contribution in [0, 0.1) is 0 Å². The molecule has 0 saturated carbocycles.